The normalized spacial score (nSPS) is 15.4. The minimum Gasteiger partial charge on any atom is -0.493 e. The summed E-state index contributed by atoms with van der Waals surface area (Å²) < 4.78 is 10.5. The van der Waals surface area contributed by atoms with E-state index in [1.807, 2.05) is 36.4 Å². The summed E-state index contributed by atoms with van der Waals surface area (Å²) in [6.45, 7) is 0. The standard InChI is InChI=1S/C18H15ClO3S/c1-21-15-5-3-11(8-16(15)22-2)7-12-10-23-17-6-4-13(19)9-14(17)18(12)20/h3-9H,10H2,1-2H3/b12-7+. The molecule has 0 saturated heterocycles. The van der Waals surface area contributed by atoms with Gasteiger partial charge in [-0.1, -0.05) is 17.7 Å². The van der Waals surface area contributed by atoms with E-state index in [-0.39, 0.29) is 5.78 Å². The van der Waals surface area contributed by atoms with Gasteiger partial charge in [-0.2, -0.15) is 0 Å². The van der Waals surface area contributed by atoms with E-state index in [0.29, 0.717) is 27.8 Å². The van der Waals surface area contributed by atoms with Crippen molar-refractivity contribution in [3.05, 3.63) is 58.1 Å². The molecule has 2 aromatic rings. The number of halogens is 1. The number of thioether (sulfide) groups is 1. The van der Waals surface area contributed by atoms with E-state index in [1.165, 1.54) is 0 Å². The summed E-state index contributed by atoms with van der Waals surface area (Å²) in [6.07, 6.45) is 1.89. The Labute approximate surface area is 144 Å². The van der Waals surface area contributed by atoms with E-state index in [0.717, 1.165) is 16.0 Å². The molecule has 0 atom stereocenters. The van der Waals surface area contributed by atoms with Crippen molar-refractivity contribution in [1.29, 1.82) is 0 Å². The average Bonchev–Trinajstić information content (AvgIpc) is 2.57. The third-order valence-electron chi connectivity index (χ3n) is 3.61. The maximum Gasteiger partial charge on any atom is 0.191 e. The first-order valence-electron chi connectivity index (χ1n) is 7.02. The van der Waals surface area contributed by atoms with Gasteiger partial charge >= 0.3 is 0 Å². The third kappa shape index (κ3) is 3.23. The molecule has 0 saturated carbocycles. The summed E-state index contributed by atoms with van der Waals surface area (Å²) in [4.78, 5) is 13.6. The average molecular weight is 347 g/mol. The first-order valence-corrected chi connectivity index (χ1v) is 8.38. The molecular weight excluding hydrogens is 332 g/mol. The van der Waals surface area contributed by atoms with Gasteiger partial charge in [-0.05, 0) is 42.0 Å². The van der Waals surface area contributed by atoms with Crippen LogP contribution in [0.25, 0.3) is 6.08 Å². The monoisotopic (exact) mass is 346 g/mol. The Hall–Kier alpha value is -1.91. The molecule has 0 radical (unpaired) electrons. The van der Waals surface area contributed by atoms with Gasteiger partial charge in [0.15, 0.2) is 17.3 Å². The Morgan fingerprint density at radius 1 is 1.09 bits per heavy atom. The van der Waals surface area contributed by atoms with Gasteiger partial charge in [-0.15, -0.1) is 11.8 Å². The SMILES string of the molecule is COc1ccc(/C=C2\CSc3ccc(Cl)cc3C2=O)cc1OC. The molecule has 23 heavy (non-hydrogen) atoms. The zero-order valence-electron chi connectivity index (χ0n) is 12.8. The number of hydrogen-bond acceptors (Lipinski definition) is 4. The lowest BCUT2D eigenvalue weighted by Gasteiger charge is -2.17. The predicted octanol–water partition coefficient (Wildman–Crippen LogP) is 4.73. The van der Waals surface area contributed by atoms with Gasteiger partial charge in [0, 0.05) is 26.8 Å². The molecule has 0 spiro atoms. The van der Waals surface area contributed by atoms with Crippen LogP contribution in [0.2, 0.25) is 5.02 Å². The van der Waals surface area contributed by atoms with Crippen LogP contribution in [0, 0.1) is 0 Å². The van der Waals surface area contributed by atoms with Crippen molar-refractivity contribution in [3.63, 3.8) is 0 Å². The fraction of sp³-hybridized carbons (Fsp3) is 0.167. The highest BCUT2D eigenvalue weighted by molar-refractivity contribution is 7.99. The van der Waals surface area contributed by atoms with Crippen molar-refractivity contribution >= 4 is 35.2 Å². The molecule has 0 unspecified atom stereocenters. The van der Waals surface area contributed by atoms with Gasteiger partial charge in [0.25, 0.3) is 0 Å². The number of fused-ring (bicyclic) bond motifs is 1. The van der Waals surface area contributed by atoms with Gasteiger partial charge in [-0.3, -0.25) is 4.79 Å². The summed E-state index contributed by atoms with van der Waals surface area (Å²) in [5.74, 6) is 1.97. The smallest absolute Gasteiger partial charge is 0.191 e. The maximum atomic E-state index is 12.7. The summed E-state index contributed by atoms with van der Waals surface area (Å²) in [5, 5.41) is 0.574. The van der Waals surface area contributed by atoms with Gasteiger partial charge < -0.3 is 9.47 Å². The van der Waals surface area contributed by atoms with Crippen molar-refractivity contribution < 1.29 is 14.3 Å². The highest BCUT2D eigenvalue weighted by Gasteiger charge is 2.22. The van der Waals surface area contributed by atoms with Crippen molar-refractivity contribution in [2.45, 2.75) is 4.90 Å². The fourth-order valence-electron chi connectivity index (χ4n) is 2.45. The zero-order chi connectivity index (χ0) is 16.4. The number of carbonyl (C=O) groups is 1. The number of hydrogen-bond donors (Lipinski definition) is 0. The lowest BCUT2D eigenvalue weighted by atomic mass is 10.0. The van der Waals surface area contributed by atoms with E-state index in [2.05, 4.69) is 0 Å². The van der Waals surface area contributed by atoms with Crippen LogP contribution in [0.5, 0.6) is 11.5 Å². The van der Waals surface area contributed by atoms with E-state index < -0.39 is 0 Å². The summed E-state index contributed by atoms with van der Waals surface area (Å²) >= 11 is 7.65. The molecule has 1 aliphatic rings. The Morgan fingerprint density at radius 2 is 1.87 bits per heavy atom. The quantitative estimate of drug-likeness (QED) is 0.753. The number of carbonyl (C=O) groups excluding carboxylic acids is 1. The summed E-state index contributed by atoms with van der Waals surface area (Å²) in [6, 6.07) is 11.0. The van der Waals surface area contributed by atoms with Gasteiger partial charge in [0.05, 0.1) is 14.2 Å². The van der Waals surface area contributed by atoms with Gasteiger partial charge in [-0.25, -0.2) is 0 Å². The molecule has 0 aromatic heterocycles. The van der Waals surface area contributed by atoms with Gasteiger partial charge in [0.2, 0.25) is 0 Å². The van der Waals surface area contributed by atoms with Crippen LogP contribution in [0.1, 0.15) is 15.9 Å². The Kier molecular flexibility index (Phi) is 4.64. The minimum absolute atomic E-state index is 0.0241. The van der Waals surface area contributed by atoms with Crippen LogP contribution in [0.4, 0.5) is 0 Å². The van der Waals surface area contributed by atoms with Crippen molar-refractivity contribution in [2.24, 2.45) is 0 Å². The van der Waals surface area contributed by atoms with Crippen molar-refractivity contribution in [1.82, 2.24) is 0 Å². The van der Waals surface area contributed by atoms with Crippen LogP contribution in [0.3, 0.4) is 0 Å². The Balaban J connectivity index is 1.96. The van der Waals surface area contributed by atoms with Crippen LogP contribution in [-0.2, 0) is 0 Å². The molecule has 0 bridgehead atoms. The third-order valence-corrected chi connectivity index (χ3v) is 4.97. The molecule has 118 valence electrons. The van der Waals surface area contributed by atoms with Crippen LogP contribution >= 0.6 is 23.4 Å². The maximum absolute atomic E-state index is 12.7. The van der Waals surface area contributed by atoms with E-state index >= 15 is 0 Å². The predicted molar refractivity (Wildman–Crippen MR) is 94.0 cm³/mol. The molecule has 0 N–H and O–H groups in total. The highest BCUT2D eigenvalue weighted by Crippen LogP contribution is 2.35. The molecule has 0 fully saturated rings. The Morgan fingerprint density at radius 3 is 2.61 bits per heavy atom. The van der Waals surface area contributed by atoms with Gasteiger partial charge in [0.1, 0.15) is 0 Å². The van der Waals surface area contributed by atoms with Crippen LogP contribution in [0.15, 0.2) is 46.9 Å². The van der Waals surface area contributed by atoms with E-state index in [1.54, 1.807) is 32.0 Å². The molecule has 5 heteroatoms. The van der Waals surface area contributed by atoms with E-state index in [4.69, 9.17) is 21.1 Å². The second kappa shape index (κ2) is 6.69. The number of ether oxygens (including phenoxy) is 2. The fourth-order valence-corrected chi connectivity index (χ4v) is 3.62. The molecule has 1 aliphatic heterocycles. The molecule has 3 rings (SSSR count). The van der Waals surface area contributed by atoms with Crippen LogP contribution < -0.4 is 9.47 Å². The number of benzene rings is 2. The number of methoxy groups -OCH3 is 2. The molecule has 0 aliphatic carbocycles. The summed E-state index contributed by atoms with van der Waals surface area (Å²) in [7, 11) is 3.19. The summed E-state index contributed by atoms with van der Waals surface area (Å²) in [5.41, 5.74) is 2.31. The second-order valence-corrected chi connectivity index (χ2v) is 6.50. The topological polar surface area (TPSA) is 35.5 Å². The number of ketones is 1. The number of Topliss-reactive ketones (excluding diaryl/α,β-unsaturated/α-hetero) is 1. The first-order chi connectivity index (χ1) is 11.1. The van der Waals surface area contributed by atoms with Crippen molar-refractivity contribution in [3.8, 4) is 11.5 Å². The largest absolute Gasteiger partial charge is 0.493 e. The minimum atomic E-state index is 0.0241. The zero-order valence-corrected chi connectivity index (χ0v) is 14.3. The van der Waals surface area contributed by atoms with Crippen LogP contribution in [-0.4, -0.2) is 25.8 Å². The molecule has 1 heterocycles. The molecular formula is C18H15ClO3S. The highest BCUT2D eigenvalue weighted by atomic mass is 35.5. The second-order valence-electron chi connectivity index (χ2n) is 5.04. The lowest BCUT2D eigenvalue weighted by molar-refractivity contribution is 0.103. The Bertz CT molecular complexity index is 799. The lowest BCUT2D eigenvalue weighted by Crippen LogP contribution is -2.12. The number of rotatable bonds is 3. The van der Waals surface area contributed by atoms with E-state index in [9.17, 15) is 4.79 Å². The molecule has 0 amide bonds. The van der Waals surface area contributed by atoms with Crippen molar-refractivity contribution in [2.75, 3.05) is 20.0 Å². The molecule has 3 nitrogen and oxygen atoms in total. The first kappa shape index (κ1) is 16.0. The molecule has 2 aromatic carbocycles.